The van der Waals surface area contributed by atoms with E-state index in [0.29, 0.717) is 29.3 Å². The van der Waals surface area contributed by atoms with Crippen LogP contribution in [0.4, 0.5) is 5.69 Å². The predicted molar refractivity (Wildman–Crippen MR) is 51.9 cm³/mol. The molecule has 2 aliphatic rings. The molecule has 0 radical (unpaired) electrons. The van der Waals surface area contributed by atoms with Crippen LogP contribution in [0.3, 0.4) is 0 Å². The van der Waals surface area contributed by atoms with Crippen molar-refractivity contribution in [1.82, 2.24) is 0 Å². The van der Waals surface area contributed by atoms with Crippen molar-refractivity contribution in [3.63, 3.8) is 0 Å². The maximum absolute atomic E-state index is 11.9. The molecule has 1 aromatic rings. The van der Waals surface area contributed by atoms with Crippen molar-refractivity contribution >= 4 is 17.4 Å². The number of ether oxygens (including phenoxy) is 1. The molecule has 0 bridgehead atoms. The lowest BCUT2D eigenvalue weighted by Gasteiger charge is -2.12. The van der Waals surface area contributed by atoms with Crippen LogP contribution in [0.15, 0.2) is 40.9 Å². The Bertz CT molecular complexity index is 486. The molecule has 3 heteroatoms. The average Bonchev–Trinajstić information content (AvgIpc) is 2.66. The fourth-order valence-corrected chi connectivity index (χ4v) is 1.67. The van der Waals surface area contributed by atoms with Gasteiger partial charge in [-0.1, -0.05) is 12.1 Å². The van der Waals surface area contributed by atoms with Gasteiger partial charge in [-0.25, -0.2) is 4.99 Å². The van der Waals surface area contributed by atoms with Crippen molar-refractivity contribution in [1.29, 1.82) is 0 Å². The first-order chi connectivity index (χ1) is 6.86. The van der Waals surface area contributed by atoms with Crippen LogP contribution in [-0.4, -0.2) is 18.3 Å². The Morgan fingerprint density at radius 3 is 3.07 bits per heavy atom. The van der Waals surface area contributed by atoms with Crippen LogP contribution >= 0.6 is 0 Å². The second-order valence-electron chi connectivity index (χ2n) is 3.19. The van der Waals surface area contributed by atoms with E-state index in [-0.39, 0.29) is 5.78 Å². The minimum absolute atomic E-state index is 0.0168. The number of rotatable bonds is 0. The Labute approximate surface area is 80.7 Å². The Hall–Kier alpha value is -1.90. The normalized spacial score (nSPS) is 17.9. The molecule has 68 valence electrons. The molecule has 0 fully saturated rings. The zero-order valence-corrected chi connectivity index (χ0v) is 7.36. The van der Waals surface area contributed by atoms with Crippen LogP contribution in [0.5, 0.6) is 0 Å². The van der Waals surface area contributed by atoms with Crippen LogP contribution in [0.1, 0.15) is 10.4 Å². The summed E-state index contributed by atoms with van der Waals surface area (Å²) in [6.45, 7) is 0.452. The van der Waals surface area contributed by atoms with E-state index in [1.807, 2.05) is 18.2 Å². The van der Waals surface area contributed by atoms with Gasteiger partial charge in [-0.15, -0.1) is 0 Å². The van der Waals surface area contributed by atoms with Gasteiger partial charge in [0.1, 0.15) is 6.61 Å². The summed E-state index contributed by atoms with van der Waals surface area (Å²) in [7, 11) is 0. The summed E-state index contributed by atoms with van der Waals surface area (Å²) < 4.78 is 5.22. The summed E-state index contributed by atoms with van der Waals surface area (Å²) >= 11 is 0. The lowest BCUT2D eigenvalue weighted by molar-refractivity contribution is 0.103. The highest BCUT2D eigenvalue weighted by molar-refractivity contribution is 6.30. The molecular weight excluding hydrogens is 178 g/mol. The van der Waals surface area contributed by atoms with Crippen LogP contribution in [0.2, 0.25) is 0 Å². The van der Waals surface area contributed by atoms with Crippen molar-refractivity contribution in [2.45, 2.75) is 0 Å². The smallest absolute Gasteiger partial charge is 0.225 e. The summed E-state index contributed by atoms with van der Waals surface area (Å²) in [4.78, 5) is 16.1. The van der Waals surface area contributed by atoms with Gasteiger partial charge in [-0.05, 0) is 18.2 Å². The summed E-state index contributed by atoms with van der Waals surface area (Å²) in [6.07, 6.45) is 1.77. The first kappa shape index (κ1) is 7.50. The van der Waals surface area contributed by atoms with Crippen molar-refractivity contribution < 1.29 is 9.53 Å². The second-order valence-corrected chi connectivity index (χ2v) is 3.19. The maximum Gasteiger partial charge on any atom is 0.225 e. The number of hydrogen-bond donors (Lipinski definition) is 0. The molecule has 0 aliphatic carbocycles. The highest BCUT2D eigenvalue weighted by Crippen LogP contribution is 2.30. The van der Waals surface area contributed by atoms with Crippen molar-refractivity contribution in [2.24, 2.45) is 4.99 Å². The Balaban J connectivity index is 2.28. The van der Waals surface area contributed by atoms with Gasteiger partial charge in [-0.2, -0.15) is 0 Å². The molecule has 0 amide bonds. The molecule has 0 aromatic heterocycles. The molecule has 14 heavy (non-hydrogen) atoms. The molecule has 0 atom stereocenters. The zero-order valence-electron chi connectivity index (χ0n) is 7.36. The number of para-hydroxylation sites is 1. The van der Waals surface area contributed by atoms with Gasteiger partial charge in [0.2, 0.25) is 5.90 Å². The number of Topliss-reactive ketones (excluding diaryl/α,β-unsaturated/α-hetero) is 1. The van der Waals surface area contributed by atoms with E-state index in [1.54, 1.807) is 12.1 Å². The van der Waals surface area contributed by atoms with Gasteiger partial charge in [0.05, 0.1) is 11.3 Å². The summed E-state index contributed by atoms with van der Waals surface area (Å²) in [5.41, 5.74) is 1.96. The van der Waals surface area contributed by atoms with Crippen molar-refractivity contribution in [2.75, 3.05) is 6.61 Å². The van der Waals surface area contributed by atoms with Gasteiger partial charge in [0.15, 0.2) is 5.78 Å². The summed E-state index contributed by atoms with van der Waals surface area (Å²) in [5.74, 6) is 0.483. The summed E-state index contributed by atoms with van der Waals surface area (Å²) in [6, 6.07) is 7.31. The highest BCUT2D eigenvalue weighted by atomic mass is 16.5. The Morgan fingerprint density at radius 1 is 1.29 bits per heavy atom. The van der Waals surface area contributed by atoms with Crippen molar-refractivity contribution in [3.8, 4) is 0 Å². The second kappa shape index (κ2) is 2.54. The molecule has 2 heterocycles. The molecule has 0 N–H and O–H groups in total. The maximum atomic E-state index is 11.9. The van der Waals surface area contributed by atoms with Gasteiger partial charge in [0, 0.05) is 5.56 Å². The third kappa shape index (κ3) is 0.865. The van der Waals surface area contributed by atoms with E-state index in [0.717, 1.165) is 0 Å². The van der Waals surface area contributed by atoms with E-state index >= 15 is 0 Å². The lowest BCUT2D eigenvalue weighted by Crippen LogP contribution is -2.15. The number of carbonyl (C=O) groups excluding carboxylic acids is 1. The molecule has 0 unspecified atom stereocenters. The number of aliphatic imine (C=N–C) groups is 1. The quantitative estimate of drug-likeness (QED) is 0.618. The predicted octanol–water partition coefficient (Wildman–Crippen LogP) is 1.87. The number of carbonyl (C=O) groups is 1. The van der Waals surface area contributed by atoms with E-state index < -0.39 is 0 Å². The van der Waals surface area contributed by atoms with Crippen LogP contribution < -0.4 is 0 Å². The van der Waals surface area contributed by atoms with Crippen LogP contribution in [0.25, 0.3) is 0 Å². The Kier molecular flexibility index (Phi) is 1.36. The summed E-state index contributed by atoms with van der Waals surface area (Å²) in [5, 5.41) is 0. The number of hydrogen-bond acceptors (Lipinski definition) is 3. The molecule has 0 saturated heterocycles. The van der Waals surface area contributed by atoms with Gasteiger partial charge >= 0.3 is 0 Å². The van der Waals surface area contributed by atoms with Crippen LogP contribution in [0, 0.1) is 0 Å². The van der Waals surface area contributed by atoms with Gasteiger partial charge in [-0.3, -0.25) is 4.79 Å². The molecule has 3 rings (SSSR count). The van der Waals surface area contributed by atoms with E-state index in [2.05, 4.69) is 4.99 Å². The van der Waals surface area contributed by atoms with E-state index in [4.69, 9.17) is 4.74 Å². The fourth-order valence-electron chi connectivity index (χ4n) is 1.67. The third-order valence-corrected chi connectivity index (χ3v) is 2.35. The number of fused-ring (bicyclic) bond motifs is 2. The molecule has 2 aliphatic heterocycles. The first-order valence-corrected chi connectivity index (χ1v) is 4.42. The highest BCUT2D eigenvalue weighted by Gasteiger charge is 2.29. The fraction of sp³-hybridized carbons (Fsp3) is 0.0909. The number of nitrogens with zero attached hydrogens (tertiary/aromatic N) is 1. The minimum Gasteiger partial charge on any atom is -0.473 e. The van der Waals surface area contributed by atoms with E-state index in [9.17, 15) is 4.79 Å². The Morgan fingerprint density at radius 2 is 2.14 bits per heavy atom. The van der Waals surface area contributed by atoms with Crippen LogP contribution in [-0.2, 0) is 4.74 Å². The molecule has 0 spiro atoms. The molecule has 3 nitrogen and oxygen atoms in total. The number of ketones is 1. The van der Waals surface area contributed by atoms with Gasteiger partial charge in [0.25, 0.3) is 0 Å². The van der Waals surface area contributed by atoms with E-state index in [1.165, 1.54) is 0 Å². The minimum atomic E-state index is 0.0168. The largest absolute Gasteiger partial charge is 0.473 e. The first-order valence-electron chi connectivity index (χ1n) is 4.42. The van der Waals surface area contributed by atoms with Crippen molar-refractivity contribution in [3.05, 3.63) is 41.5 Å². The topological polar surface area (TPSA) is 38.7 Å². The SMILES string of the molecule is O=C1C2=CCOC2=Nc2ccccc21. The molecular formula is C11H7NO2. The average molecular weight is 185 g/mol. The zero-order chi connectivity index (χ0) is 9.54. The monoisotopic (exact) mass is 185 g/mol. The molecule has 0 saturated carbocycles. The standard InChI is InChI=1S/C11H7NO2/c13-10-7-3-1-2-4-9(7)12-11-8(10)5-6-14-11/h1-5H,6H2. The number of benzene rings is 1. The lowest BCUT2D eigenvalue weighted by atomic mass is 9.99. The molecule has 1 aromatic carbocycles. The third-order valence-electron chi connectivity index (χ3n) is 2.35. The van der Waals surface area contributed by atoms with Gasteiger partial charge < -0.3 is 4.74 Å².